The zero-order valence-electron chi connectivity index (χ0n) is 17.2. The van der Waals surface area contributed by atoms with Crippen molar-refractivity contribution in [2.75, 3.05) is 37.5 Å². The third-order valence-corrected chi connectivity index (χ3v) is 4.81. The number of methoxy groups -OCH3 is 2. The third-order valence-electron chi connectivity index (χ3n) is 4.81. The molecule has 0 atom stereocenters. The van der Waals surface area contributed by atoms with Gasteiger partial charge in [0.1, 0.15) is 0 Å². The Morgan fingerprint density at radius 3 is 2.15 bits per heavy atom. The second-order valence-corrected chi connectivity index (χ2v) is 6.53. The van der Waals surface area contributed by atoms with Crippen molar-refractivity contribution in [3.8, 4) is 11.5 Å². The van der Waals surface area contributed by atoms with Crippen LogP contribution in [0.3, 0.4) is 0 Å². The summed E-state index contributed by atoms with van der Waals surface area (Å²) in [6.45, 7) is 10.2. The van der Waals surface area contributed by atoms with E-state index in [1.807, 2.05) is 32.0 Å². The quantitative estimate of drug-likeness (QED) is 0.751. The van der Waals surface area contributed by atoms with Crippen molar-refractivity contribution in [3.05, 3.63) is 47.0 Å². The van der Waals surface area contributed by atoms with E-state index in [1.54, 1.807) is 14.2 Å². The highest BCUT2D eigenvalue weighted by atomic mass is 16.5. The van der Waals surface area contributed by atoms with Gasteiger partial charge in [-0.15, -0.1) is 0 Å². The van der Waals surface area contributed by atoms with Gasteiger partial charge in [0.2, 0.25) is 5.91 Å². The van der Waals surface area contributed by atoms with Crippen molar-refractivity contribution in [3.63, 3.8) is 0 Å². The lowest BCUT2D eigenvalue weighted by Gasteiger charge is -2.22. The van der Waals surface area contributed by atoms with E-state index in [4.69, 9.17) is 9.47 Å². The number of anilines is 2. The van der Waals surface area contributed by atoms with Crippen LogP contribution in [0.4, 0.5) is 11.4 Å². The molecule has 146 valence electrons. The fourth-order valence-corrected chi connectivity index (χ4v) is 3.15. The van der Waals surface area contributed by atoms with Crippen LogP contribution in [0.2, 0.25) is 0 Å². The molecule has 0 heterocycles. The molecule has 0 saturated heterocycles. The largest absolute Gasteiger partial charge is 0.493 e. The first-order valence-electron chi connectivity index (χ1n) is 9.30. The van der Waals surface area contributed by atoms with Crippen LogP contribution >= 0.6 is 0 Å². The third kappa shape index (κ3) is 4.94. The Morgan fingerprint density at radius 1 is 0.963 bits per heavy atom. The van der Waals surface area contributed by atoms with E-state index in [2.05, 4.69) is 36.2 Å². The van der Waals surface area contributed by atoms with Gasteiger partial charge in [-0.3, -0.25) is 4.79 Å². The second kappa shape index (κ2) is 9.31. The zero-order chi connectivity index (χ0) is 20.0. The molecule has 0 fully saturated rings. The van der Waals surface area contributed by atoms with Crippen molar-refractivity contribution < 1.29 is 14.3 Å². The zero-order valence-corrected chi connectivity index (χ0v) is 17.2. The molecular formula is C22H30N2O3. The van der Waals surface area contributed by atoms with Gasteiger partial charge in [-0.1, -0.05) is 0 Å². The van der Waals surface area contributed by atoms with Gasteiger partial charge in [-0.05, 0) is 74.7 Å². The van der Waals surface area contributed by atoms with Crippen molar-refractivity contribution in [2.24, 2.45) is 0 Å². The van der Waals surface area contributed by atoms with Crippen LogP contribution in [0.5, 0.6) is 11.5 Å². The maximum absolute atomic E-state index is 12.6. The molecule has 0 aliphatic rings. The van der Waals surface area contributed by atoms with Crippen LogP contribution in [-0.4, -0.2) is 33.2 Å². The summed E-state index contributed by atoms with van der Waals surface area (Å²) in [6, 6.07) is 9.90. The molecule has 27 heavy (non-hydrogen) atoms. The number of ether oxygens (including phenoxy) is 2. The summed E-state index contributed by atoms with van der Waals surface area (Å²) in [6.07, 6.45) is 0.281. The van der Waals surface area contributed by atoms with Crippen LogP contribution in [0.15, 0.2) is 30.3 Å². The topological polar surface area (TPSA) is 50.8 Å². The van der Waals surface area contributed by atoms with Gasteiger partial charge in [0, 0.05) is 24.5 Å². The molecule has 0 aromatic heterocycles. The van der Waals surface area contributed by atoms with E-state index in [-0.39, 0.29) is 12.3 Å². The van der Waals surface area contributed by atoms with Crippen molar-refractivity contribution in [1.29, 1.82) is 0 Å². The van der Waals surface area contributed by atoms with Gasteiger partial charge >= 0.3 is 0 Å². The summed E-state index contributed by atoms with van der Waals surface area (Å²) >= 11 is 0. The fourth-order valence-electron chi connectivity index (χ4n) is 3.15. The molecule has 1 amide bonds. The van der Waals surface area contributed by atoms with E-state index in [0.717, 1.165) is 35.5 Å². The molecule has 5 heteroatoms. The molecule has 5 nitrogen and oxygen atoms in total. The Bertz CT molecular complexity index is 798. The number of carbonyl (C=O) groups excluding carboxylic acids is 1. The smallest absolute Gasteiger partial charge is 0.228 e. The van der Waals surface area contributed by atoms with Crippen LogP contribution in [0, 0.1) is 13.8 Å². The van der Waals surface area contributed by atoms with Gasteiger partial charge in [0.05, 0.1) is 20.6 Å². The molecule has 1 N–H and O–H groups in total. The lowest BCUT2D eigenvalue weighted by atomic mass is 10.0. The predicted molar refractivity (Wildman–Crippen MR) is 111 cm³/mol. The van der Waals surface area contributed by atoms with E-state index >= 15 is 0 Å². The summed E-state index contributed by atoms with van der Waals surface area (Å²) in [5, 5.41) is 3.02. The second-order valence-electron chi connectivity index (χ2n) is 6.53. The summed E-state index contributed by atoms with van der Waals surface area (Å²) in [5.41, 5.74) is 4.98. The number of carbonyl (C=O) groups is 1. The fraction of sp³-hybridized carbons (Fsp3) is 0.409. The SMILES string of the molecule is CCN(CC)c1ccc(NC(=O)Cc2cc(OC)c(OC)cc2C)c(C)c1. The summed E-state index contributed by atoms with van der Waals surface area (Å²) < 4.78 is 10.7. The molecule has 2 aromatic carbocycles. The van der Waals surface area contributed by atoms with Gasteiger partial charge in [0.25, 0.3) is 0 Å². The first kappa shape index (κ1) is 20.6. The molecule has 2 rings (SSSR count). The number of nitrogens with zero attached hydrogens (tertiary/aromatic N) is 1. The van der Waals surface area contributed by atoms with Gasteiger partial charge < -0.3 is 19.7 Å². The standard InChI is InChI=1S/C22H30N2O3/c1-7-24(8-2)18-9-10-19(16(4)11-18)23-22(25)14-17-13-21(27-6)20(26-5)12-15(17)3/h9-13H,7-8,14H2,1-6H3,(H,23,25). The number of hydrogen-bond donors (Lipinski definition) is 1. The minimum Gasteiger partial charge on any atom is -0.493 e. The molecule has 0 spiro atoms. The number of benzene rings is 2. The van der Waals surface area contributed by atoms with E-state index in [1.165, 1.54) is 5.69 Å². The molecule has 0 bridgehead atoms. The molecule has 0 saturated carbocycles. The van der Waals surface area contributed by atoms with E-state index < -0.39 is 0 Å². The molecule has 0 radical (unpaired) electrons. The first-order chi connectivity index (χ1) is 12.9. The van der Waals surface area contributed by atoms with E-state index in [0.29, 0.717) is 11.5 Å². The molecule has 2 aromatic rings. The maximum atomic E-state index is 12.6. The molecular weight excluding hydrogens is 340 g/mol. The van der Waals surface area contributed by atoms with Gasteiger partial charge in [-0.2, -0.15) is 0 Å². The summed E-state index contributed by atoms with van der Waals surface area (Å²) in [7, 11) is 3.20. The number of nitrogens with one attached hydrogen (secondary N) is 1. The highest BCUT2D eigenvalue weighted by Gasteiger charge is 2.13. The molecule has 0 aliphatic carbocycles. The van der Waals surface area contributed by atoms with Crippen LogP contribution in [0.1, 0.15) is 30.5 Å². The summed E-state index contributed by atoms with van der Waals surface area (Å²) in [4.78, 5) is 14.9. The number of hydrogen-bond acceptors (Lipinski definition) is 4. The minimum atomic E-state index is -0.0518. The Labute approximate surface area is 162 Å². The highest BCUT2D eigenvalue weighted by Crippen LogP contribution is 2.30. The van der Waals surface area contributed by atoms with E-state index in [9.17, 15) is 4.79 Å². The Morgan fingerprint density at radius 2 is 1.59 bits per heavy atom. The molecule has 0 unspecified atom stereocenters. The van der Waals surface area contributed by atoms with Gasteiger partial charge in [-0.25, -0.2) is 0 Å². The number of rotatable bonds is 8. The number of aryl methyl sites for hydroxylation is 2. The van der Waals surface area contributed by atoms with Crippen molar-refractivity contribution in [1.82, 2.24) is 0 Å². The monoisotopic (exact) mass is 370 g/mol. The Hall–Kier alpha value is -2.69. The van der Waals surface area contributed by atoms with Crippen LogP contribution < -0.4 is 19.7 Å². The van der Waals surface area contributed by atoms with Crippen LogP contribution in [0.25, 0.3) is 0 Å². The van der Waals surface area contributed by atoms with Crippen molar-refractivity contribution in [2.45, 2.75) is 34.1 Å². The first-order valence-corrected chi connectivity index (χ1v) is 9.30. The average Bonchev–Trinajstić information content (AvgIpc) is 2.66. The van der Waals surface area contributed by atoms with Crippen LogP contribution in [-0.2, 0) is 11.2 Å². The average molecular weight is 370 g/mol. The van der Waals surface area contributed by atoms with Gasteiger partial charge in [0.15, 0.2) is 11.5 Å². The highest BCUT2D eigenvalue weighted by molar-refractivity contribution is 5.93. The Kier molecular flexibility index (Phi) is 7.11. The minimum absolute atomic E-state index is 0.0518. The Balaban J connectivity index is 2.14. The predicted octanol–water partition coefficient (Wildman–Crippen LogP) is 4.35. The normalized spacial score (nSPS) is 10.4. The summed E-state index contributed by atoms with van der Waals surface area (Å²) in [5.74, 6) is 1.25. The maximum Gasteiger partial charge on any atom is 0.228 e. The lowest BCUT2D eigenvalue weighted by molar-refractivity contribution is -0.115. The lowest BCUT2D eigenvalue weighted by Crippen LogP contribution is -2.22. The molecule has 0 aliphatic heterocycles. The number of amides is 1. The van der Waals surface area contributed by atoms with Crippen molar-refractivity contribution >= 4 is 17.3 Å².